The van der Waals surface area contributed by atoms with Crippen molar-refractivity contribution in [3.8, 4) is 0 Å². The number of thiophene rings is 1. The van der Waals surface area contributed by atoms with Crippen molar-refractivity contribution in [1.29, 1.82) is 0 Å². The van der Waals surface area contributed by atoms with E-state index < -0.39 is 6.10 Å². The number of nitrogen functional groups attached to an aromatic ring is 1. The van der Waals surface area contributed by atoms with Crippen molar-refractivity contribution >= 4 is 28.8 Å². The number of halogens is 1. The standard InChI is InChI=1S/C10H9ClN2OS/c11-6-4-7(10(12)13-5-6)9(14)8-2-1-3-15-8/h1-5,9,14H,(H2,12,13). The summed E-state index contributed by atoms with van der Waals surface area (Å²) in [6.45, 7) is 0. The topological polar surface area (TPSA) is 59.1 Å². The molecule has 2 rings (SSSR count). The van der Waals surface area contributed by atoms with Gasteiger partial charge in [0, 0.05) is 16.6 Å². The highest BCUT2D eigenvalue weighted by atomic mass is 35.5. The van der Waals surface area contributed by atoms with Crippen molar-refractivity contribution in [2.24, 2.45) is 0 Å². The highest BCUT2D eigenvalue weighted by Gasteiger charge is 2.15. The summed E-state index contributed by atoms with van der Waals surface area (Å²) in [5.41, 5.74) is 6.22. The molecule has 0 bridgehead atoms. The first kappa shape index (κ1) is 10.4. The molecule has 3 N–H and O–H groups in total. The van der Waals surface area contributed by atoms with Crippen LogP contribution in [0.3, 0.4) is 0 Å². The van der Waals surface area contributed by atoms with Crippen LogP contribution < -0.4 is 5.73 Å². The Morgan fingerprint density at radius 1 is 1.53 bits per heavy atom. The van der Waals surface area contributed by atoms with Gasteiger partial charge in [-0.05, 0) is 17.5 Å². The van der Waals surface area contributed by atoms with E-state index in [1.807, 2.05) is 17.5 Å². The van der Waals surface area contributed by atoms with Crippen molar-refractivity contribution in [2.75, 3.05) is 5.73 Å². The van der Waals surface area contributed by atoms with Crippen LogP contribution >= 0.6 is 22.9 Å². The number of pyridine rings is 1. The third-order valence-corrected chi connectivity index (χ3v) is 3.15. The van der Waals surface area contributed by atoms with E-state index >= 15 is 0 Å². The first-order valence-corrected chi connectivity index (χ1v) is 5.56. The maximum atomic E-state index is 10.0. The Hall–Kier alpha value is -1.10. The number of hydrogen-bond acceptors (Lipinski definition) is 4. The molecule has 3 nitrogen and oxygen atoms in total. The lowest BCUT2D eigenvalue weighted by Gasteiger charge is -2.11. The SMILES string of the molecule is Nc1ncc(Cl)cc1C(O)c1cccs1. The van der Waals surface area contributed by atoms with Crippen LogP contribution in [0.15, 0.2) is 29.8 Å². The van der Waals surface area contributed by atoms with Crippen LogP contribution in [0.2, 0.25) is 5.02 Å². The highest BCUT2D eigenvalue weighted by Crippen LogP contribution is 2.29. The zero-order chi connectivity index (χ0) is 10.8. The summed E-state index contributed by atoms with van der Waals surface area (Å²) in [5.74, 6) is 0.306. The van der Waals surface area contributed by atoms with E-state index in [2.05, 4.69) is 4.98 Å². The molecule has 0 aromatic carbocycles. The summed E-state index contributed by atoms with van der Waals surface area (Å²) >= 11 is 7.26. The minimum absolute atomic E-state index is 0.306. The summed E-state index contributed by atoms with van der Waals surface area (Å²) in [4.78, 5) is 4.72. The van der Waals surface area contributed by atoms with E-state index in [4.69, 9.17) is 17.3 Å². The smallest absolute Gasteiger partial charge is 0.129 e. The number of hydrogen-bond donors (Lipinski definition) is 2. The molecule has 0 aliphatic rings. The number of aliphatic hydroxyl groups excluding tert-OH is 1. The maximum absolute atomic E-state index is 10.0. The Labute approximate surface area is 96.2 Å². The first-order valence-electron chi connectivity index (χ1n) is 4.31. The molecule has 78 valence electrons. The van der Waals surface area contributed by atoms with Gasteiger partial charge in [-0.15, -0.1) is 11.3 Å². The van der Waals surface area contributed by atoms with Crippen LogP contribution in [0, 0.1) is 0 Å². The molecule has 5 heteroatoms. The van der Waals surface area contributed by atoms with Crippen LogP contribution in [0.25, 0.3) is 0 Å². The third kappa shape index (κ3) is 2.12. The van der Waals surface area contributed by atoms with Crippen molar-refractivity contribution < 1.29 is 5.11 Å². The quantitative estimate of drug-likeness (QED) is 0.848. The molecule has 2 aromatic heterocycles. The van der Waals surface area contributed by atoms with Crippen LogP contribution in [-0.4, -0.2) is 10.1 Å². The Bertz CT molecular complexity index is 458. The van der Waals surface area contributed by atoms with E-state index in [1.54, 1.807) is 6.07 Å². The van der Waals surface area contributed by atoms with E-state index in [0.29, 0.717) is 16.4 Å². The molecule has 0 aliphatic heterocycles. The van der Waals surface area contributed by atoms with Crippen molar-refractivity contribution in [2.45, 2.75) is 6.10 Å². The van der Waals surface area contributed by atoms with Crippen LogP contribution in [-0.2, 0) is 0 Å². The molecule has 0 radical (unpaired) electrons. The van der Waals surface area contributed by atoms with Gasteiger partial charge in [0.25, 0.3) is 0 Å². The summed E-state index contributed by atoms with van der Waals surface area (Å²) in [7, 11) is 0. The minimum atomic E-state index is -0.754. The number of nitrogens with two attached hydrogens (primary N) is 1. The zero-order valence-electron chi connectivity index (χ0n) is 7.72. The normalized spacial score (nSPS) is 12.7. The molecule has 2 aromatic rings. The lowest BCUT2D eigenvalue weighted by atomic mass is 10.1. The van der Waals surface area contributed by atoms with Crippen LogP contribution in [0.1, 0.15) is 16.5 Å². The molecular weight excluding hydrogens is 232 g/mol. The maximum Gasteiger partial charge on any atom is 0.129 e. The predicted molar refractivity (Wildman–Crippen MR) is 62.0 cm³/mol. The molecule has 0 amide bonds. The van der Waals surface area contributed by atoms with Gasteiger partial charge in [0.15, 0.2) is 0 Å². The van der Waals surface area contributed by atoms with E-state index in [0.717, 1.165) is 4.88 Å². The second kappa shape index (κ2) is 4.18. The molecule has 0 spiro atoms. The number of nitrogens with zero attached hydrogens (tertiary/aromatic N) is 1. The molecule has 1 atom stereocenters. The number of aromatic nitrogens is 1. The largest absolute Gasteiger partial charge is 0.383 e. The van der Waals surface area contributed by atoms with Gasteiger partial charge in [0.1, 0.15) is 11.9 Å². The summed E-state index contributed by atoms with van der Waals surface area (Å²) in [5, 5.41) is 12.4. The number of anilines is 1. The first-order chi connectivity index (χ1) is 7.18. The molecule has 15 heavy (non-hydrogen) atoms. The third-order valence-electron chi connectivity index (χ3n) is 2.02. The van der Waals surface area contributed by atoms with Gasteiger partial charge >= 0.3 is 0 Å². The van der Waals surface area contributed by atoms with Crippen molar-refractivity contribution in [3.63, 3.8) is 0 Å². The lowest BCUT2D eigenvalue weighted by Crippen LogP contribution is -2.03. The Morgan fingerprint density at radius 3 is 3.00 bits per heavy atom. The molecular formula is C10H9ClN2OS. The highest BCUT2D eigenvalue weighted by molar-refractivity contribution is 7.10. The summed E-state index contributed by atoms with van der Waals surface area (Å²) < 4.78 is 0. The second-order valence-electron chi connectivity index (χ2n) is 3.05. The van der Waals surface area contributed by atoms with Gasteiger partial charge in [-0.1, -0.05) is 17.7 Å². The second-order valence-corrected chi connectivity index (χ2v) is 4.46. The zero-order valence-corrected chi connectivity index (χ0v) is 9.29. The Kier molecular flexibility index (Phi) is 2.90. The molecule has 0 fully saturated rings. The van der Waals surface area contributed by atoms with Crippen molar-refractivity contribution in [3.05, 3.63) is 45.2 Å². The van der Waals surface area contributed by atoms with Crippen LogP contribution in [0.4, 0.5) is 5.82 Å². The number of aliphatic hydroxyl groups is 1. The van der Waals surface area contributed by atoms with Gasteiger partial charge in [0.05, 0.1) is 5.02 Å². The fraction of sp³-hybridized carbons (Fsp3) is 0.100. The van der Waals surface area contributed by atoms with Gasteiger partial charge in [-0.3, -0.25) is 0 Å². The minimum Gasteiger partial charge on any atom is -0.383 e. The van der Waals surface area contributed by atoms with Crippen molar-refractivity contribution in [1.82, 2.24) is 4.98 Å². The number of rotatable bonds is 2. The van der Waals surface area contributed by atoms with E-state index in [9.17, 15) is 5.11 Å². The predicted octanol–water partition coefficient (Wildman–Crippen LogP) is 2.46. The lowest BCUT2D eigenvalue weighted by molar-refractivity contribution is 0.224. The summed E-state index contributed by atoms with van der Waals surface area (Å²) in [6, 6.07) is 5.35. The molecule has 0 saturated carbocycles. The molecule has 1 unspecified atom stereocenters. The van der Waals surface area contributed by atoms with Gasteiger partial charge in [-0.2, -0.15) is 0 Å². The monoisotopic (exact) mass is 240 g/mol. The molecule has 2 heterocycles. The fourth-order valence-corrected chi connectivity index (χ4v) is 2.18. The Morgan fingerprint density at radius 2 is 2.33 bits per heavy atom. The van der Waals surface area contributed by atoms with Gasteiger partial charge in [0.2, 0.25) is 0 Å². The summed E-state index contributed by atoms with van der Waals surface area (Å²) in [6.07, 6.45) is 0.706. The van der Waals surface area contributed by atoms with E-state index in [-0.39, 0.29) is 0 Å². The fourth-order valence-electron chi connectivity index (χ4n) is 1.28. The Balaban J connectivity index is 2.41. The average Bonchev–Trinajstić information content (AvgIpc) is 2.74. The van der Waals surface area contributed by atoms with Gasteiger partial charge < -0.3 is 10.8 Å². The van der Waals surface area contributed by atoms with E-state index in [1.165, 1.54) is 17.5 Å². The molecule has 0 saturated heterocycles. The average molecular weight is 241 g/mol. The molecule has 0 aliphatic carbocycles. The van der Waals surface area contributed by atoms with Crippen LogP contribution in [0.5, 0.6) is 0 Å². The van der Waals surface area contributed by atoms with Gasteiger partial charge in [-0.25, -0.2) is 4.98 Å².